The molecule has 0 spiro atoms. The molecule has 0 saturated carbocycles. The van der Waals surface area contributed by atoms with Gasteiger partial charge in [0.15, 0.2) is 0 Å². The summed E-state index contributed by atoms with van der Waals surface area (Å²) in [5.41, 5.74) is 4.59. The van der Waals surface area contributed by atoms with Crippen LogP contribution in [0.5, 0.6) is 0 Å². The van der Waals surface area contributed by atoms with Crippen molar-refractivity contribution in [2.75, 3.05) is 0 Å². The zero-order valence-electron chi connectivity index (χ0n) is 9.26. The zero-order chi connectivity index (χ0) is 11.0. The summed E-state index contributed by atoms with van der Waals surface area (Å²) in [6, 6.07) is 6.10. The number of aryl methyl sites for hydroxylation is 3. The summed E-state index contributed by atoms with van der Waals surface area (Å²) in [6.07, 6.45) is 0.920. The molecule has 2 heteroatoms. The Morgan fingerprint density at radius 3 is 2.67 bits per heavy atom. The maximum Gasteiger partial charge on any atom is 0.0752 e. The molecule has 0 bridgehead atoms. The predicted octanol–water partition coefficient (Wildman–Crippen LogP) is 4.07. The Morgan fingerprint density at radius 2 is 2.00 bits per heavy atom. The third kappa shape index (κ3) is 1.72. The van der Waals surface area contributed by atoms with E-state index in [1.807, 2.05) is 12.1 Å². The number of benzene rings is 1. The predicted molar refractivity (Wildman–Crippen MR) is 65.6 cm³/mol. The number of aromatic nitrogens is 1. The van der Waals surface area contributed by atoms with E-state index in [0.717, 1.165) is 28.0 Å². The molecular formula is C13H14ClN. The van der Waals surface area contributed by atoms with Crippen LogP contribution in [-0.2, 0) is 6.42 Å². The lowest BCUT2D eigenvalue weighted by atomic mass is 10.0. The Labute approximate surface area is 95.1 Å². The van der Waals surface area contributed by atoms with Crippen molar-refractivity contribution in [2.45, 2.75) is 27.2 Å². The van der Waals surface area contributed by atoms with Crippen LogP contribution in [0.3, 0.4) is 0 Å². The highest BCUT2D eigenvalue weighted by Crippen LogP contribution is 2.27. The van der Waals surface area contributed by atoms with E-state index in [2.05, 4.69) is 31.8 Å². The Hall–Kier alpha value is -1.08. The van der Waals surface area contributed by atoms with Crippen LogP contribution in [0.4, 0.5) is 0 Å². The normalized spacial score (nSPS) is 10.9. The summed E-state index contributed by atoms with van der Waals surface area (Å²) in [7, 11) is 0. The SMILES string of the molecule is CCc1cc(Cl)c2ccc(C)c(C)c2n1. The van der Waals surface area contributed by atoms with Gasteiger partial charge in [0.1, 0.15) is 0 Å². The van der Waals surface area contributed by atoms with Crippen LogP contribution in [0, 0.1) is 13.8 Å². The van der Waals surface area contributed by atoms with Crippen molar-refractivity contribution in [2.24, 2.45) is 0 Å². The standard InChI is InChI=1S/C13H14ClN/c1-4-10-7-12(14)11-6-5-8(2)9(3)13(11)15-10/h5-7H,4H2,1-3H3. The molecule has 0 atom stereocenters. The van der Waals surface area contributed by atoms with Gasteiger partial charge in [-0.05, 0) is 37.5 Å². The highest BCUT2D eigenvalue weighted by Gasteiger charge is 2.06. The number of halogens is 1. The van der Waals surface area contributed by atoms with Gasteiger partial charge in [0.25, 0.3) is 0 Å². The van der Waals surface area contributed by atoms with Crippen LogP contribution in [0.25, 0.3) is 10.9 Å². The lowest BCUT2D eigenvalue weighted by Crippen LogP contribution is -1.93. The Bertz CT molecular complexity index is 517. The van der Waals surface area contributed by atoms with E-state index in [4.69, 9.17) is 11.6 Å². The van der Waals surface area contributed by atoms with Gasteiger partial charge in [-0.2, -0.15) is 0 Å². The minimum Gasteiger partial charge on any atom is -0.252 e. The van der Waals surface area contributed by atoms with E-state index in [1.165, 1.54) is 11.1 Å². The Balaban J connectivity index is 2.86. The molecule has 0 saturated heterocycles. The van der Waals surface area contributed by atoms with Crippen molar-refractivity contribution < 1.29 is 0 Å². The second-order valence-electron chi connectivity index (χ2n) is 3.85. The number of hydrogen-bond donors (Lipinski definition) is 0. The fraction of sp³-hybridized carbons (Fsp3) is 0.308. The lowest BCUT2D eigenvalue weighted by Gasteiger charge is -2.08. The summed E-state index contributed by atoms with van der Waals surface area (Å²) < 4.78 is 0. The molecule has 0 aliphatic rings. The molecule has 1 heterocycles. The lowest BCUT2D eigenvalue weighted by molar-refractivity contribution is 1.05. The fourth-order valence-corrected chi connectivity index (χ4v) is 2.00. The average Bonchev–Trinajstić information content (AvgIpc) is 2.23. The quantitative estimate of drug-likeness (QED) is 0.705. The summed E-state index contributed by atoms with van der Waals surface area (Å²) >= 11 is 6.23. The Kier molecular flexibility index (Phi) is 2.66. The molecule has 0 unspecified atom stereocenters. The van der Waals surface area contributed by atoms with Crippen LogP contribution in [0.2, 0.25) is 5.02 Å². The van der Waals surface area contributed by atoms with Gasteiger partial charge in [0, 0.05) is 11.1 Å². The van der Waals surface area contributed by atoms with Gasteiger partial charge in [-0.1, -0.05) is 30.7 Å². The van der Waals surface area contributed by atoms with Crippen molar-refractivity contribution in [3.8, 4) is 0 Å². The minimum atomic E-state index is 0.806. The van der Waals surface area contributed by atoms with Gasteiger partial charge in [0.05, 0.1) is 10.5 Å². The van der Waals surface area contributed by atoms with Gasteiger partial charge < -0.3 is 0 Å². The maximum absolute atomic E-state index is 6.23. The van der Waals surface area contributed by atoms with Gasteiger partial charge in [-0.15, -0.1) is 0 Å². The molecule has 1 nitrogen and oxygen atoms in total. The summed E-state index contributed by atoms with van der Waals surface area (Å²) in [5, 5.41) is 1.86. The molecule has 1 aromatic carbocycles. The van der Waals surface area contributed by atoms with Crippen LogP contribution < -0.4 is 0 Å². The number of hydrogen-bond acceptors (Lipinski definition) is 1. The number of pyridine rings is 1. The van der Waals surface area contributed by atoms with Crippen LogP contribution in [0.15, 0.2) is 18.2 Å². The summed E-state index contributed by atoms with van der Waals surface area (Å²) in [5.74, 6) is 0. The van der Waals surface area contributed by atoms with Crippen molar-refractivity contribution in [3.63, 3.8) is 0 Å². The van der Waals surface area contributed by atoms with E-state index >= 15 is 0 Å². The molecule has 0 radical (unpaired) electrons. The second kappa shape index (κ2) is 3.82. The molecule has 0 amide bonds. The molecule has 15 heavy (non-hydrogen) atoms. The van der Waals surface area contributed by atoms with Crippen LogP contribution in [0.1, 0.15) is 23.7 Å². The topological polar surface area (TPSA) is 12.9 Å². The second-order valence-corrected chi connectivity index (χ2v) is 4.26. The highest BCUT2D eigenvalue weighted by molar-refractivity contribution is 6.35. The smallest absolute Gasteiger partial charge is 0.0752 e. The number of fused-ring (bicyclic) bond motifs is 1. The minimum absolute atomic E-state index is 0.806. The van der Waals surface area contributed by atoms with Gasteiger partial charge >= 0.3 is 0 Å². The molecule has 0 aliphatic heterocycles. The van der Waals surface area contributed by atoms with Crippen LogP contribution in [-0.4, -0.2) is 4.98 Å². The summed E-state index contributed by atoms with van der Waals surface area (Å²) in [6.45, 7) is 6.29. The fourth-order valence-electron chi connectivity index (χ4n) is 1.72. The summed E-state index contributed by atoms with van der Waals surface area (Å²) in [4.78, 5) is 4.63. The van der Waals surface area contributed by atoms with Gasteiger partial charge in [-0.3, -0.25) is 4.98 Å². The Morgan fingerprint density at radius 1 is 1.27 bits per heavy atom. The van der Waals surface area contributed by atoms with Crippen molar-refractivity contribution in [1.82, 2.24) is 4.98 Å². The van der Waals surface area contributed by atoms with E-state index in [9.17, 15) is 0 Å². The molecule has 78 valence electrons. The van der Waals surface area contributed by atoms with E-state index in [0.29, 0.717) is 0 Å². The molecule has 2 aromatic rings. The van der Waals surface area contributed by atoms with E-state index < -0.39 is 0 Å². The molecule has 0 N–H and O–H groups in total. The average molecular weight is 220 g/mol. The molecule has 0 fully saturated rings. The van der Waals surface area contributed by atoms with E-state index in [1.54, 1.807) is 0 Å². The molecule has 0 aliphatic carbocycles. The first kappa shape index (κ1) is 10.4. The third-order valence-corrected chi connectivity index (χ3v) is 3.18. The highest BCUT2D eigenvalue weighted by atomic mass is 35.5. The molecule has 1 aromatic heterocycles. The largest absolute Gasteiger partial charge is 0.252 e. The van der Waals surface area contributed by atoms with Crippen LogP contribution >= 0.6 is 11.6 Å². The van der Waals surface area contributed by atoms with Crippen molar-refractivity contribution in [3.05, 3.63) is 40.0 Å². The number of rotatable bonds is 1. The van der Waals surface area contributed by atoms with E-state index in [-0.39, 0.29) is 0 Å². The first-order valence-electron chi connectivity index (χ1n) is 5.18. The van der Waals surface area contributed by atoms with Gasteiger partial charge in [0.2, 0.25) is 0 Å². The maximum atomic E-state index is 6.23. The number of nitrogens with zero attached hydrogens (tertiary/aromatic N) is 1. The molecular weight excluding hydrogens is 206 g/mol. The van der Waals surface area contributed by atoms with Crippen molar-refractivity contribution >= 4 is 22.5 Å². The zero-order valence-corrected chi connectivity index (χ0v) is 10.0. The molecule has 2 rings (SSSR count). The third-order valence-electron chi connectivity index (χ3n) is 2.87. The monoisotopic (exact) mass is 219 g/mol. The first-order chi connectivity index (χ1) is 7.13. The first-order valence-corrected chi connectivity index (χ1v) is 5.56. The van der Waals surface area contributed by atoms with Crippen molar-refractivity contribution in [1.29, 1.82) is 0 Å². The van der Waals surface area contributed by atoms with Gasteiger partial charge in [-0.25, -0.2) is 0 Å².